The van der Waals surface area contributed by atoms with E-state index in [2.05, 4.69) is 10.3 Å². The maximum Gasteiger partial charge on any atom is 0.149 e. The number of nitrogens with two attached hydrogens (primary N) is 2. The second-order valence-electron chi connectivity index (χ2n) is 3.89. The Hall–Kier alpha value is -2.27. The zero-order valence-corrected chi connectivity index (χ0v) is 10.2. The molecule has 0 spiro atoms. The van der Waals surface area contributed by atoms with Gasteiger partial charge >= 0.3 is 0 Å². The third-order valence-corrected chi connectivity index (χ3v) is 2.54. The van der Waals surface area contributed by atoms with Crippen LogP contribution in [0.25, 0.3) is 0 Å². The van der Waals surface area contributed by atoms with Gasteiger partial charge in [0, 0.05) is 18.4 Å². The van der Waals surface area contributed by atoms with Gasteiger partial charge in [-0.1, -0.05) is 18.2 Å². The quantitative estimate of drug-likeness (QED) is 0.767. The number of benzene rings is 1. The van der Waals surface area contributed by atoms with Crippen LogP contribution in [-0.4, -0.2) is 12.1 Å². The van der Waals surface area contributed by atoms with E-state index < -0.39 is 0 Å². The van der Waals surface area contributed by atoms with Crippen molar-refractivity contribution in [2.45, 2.75) is 6.61 Å². The van der Waals surface area contributed by atoms with Gasteiger partial charge in [-0.3, -0.25) is 0 Å². The average molecular weight is 244 g/mol. The van der Waals surface area contributed by atoms with E-state index in [0.29, 0.717) is 23.9 Å². The summed E-state index contributed by atoms with van der Waals surface area (Å²) in [7, 11) is 1.66. The van der Waals surface area contributed by atoms with Crippen LogP contribution in [0.4, 0.5) is 23.0 Å². The van der Waals surface area contributed by atoms with Crippen LogP contribution in [0.3, 0.4) is 0 Å². The molecular weight excluding hydrogens is 228 g/mol. The average Bonchev–Trinajstić information content (AvgIpc) is 2.37. The van der Waals surface area contributed by atoms with Crippen LogP contribution in [0.1, 0.15) is 5.56 Å². The highest BCUT2D eigenvalue weighted by molar-refractivity contribution is 5.66. The van der Waals surface area contributed by atoms with E-state index in [1.165, 1.54) is 0 Å². The van der Waals surface area contributed by atoms with Gasteiger partial charge in [0.05, 0.1) is 12.3 Å². The number of nitrogens with one attached hydrogen (secondary N) is 1. The lowest BCUT2D eigenvalue weighted by atomic mass is 10.2. The Labute approximate surface area is 106 Å². The van der Waals surface area contributed by atoms with E-state index in [1.807, 2.05) is 24.3 Å². The zero-order chi connectivity index (χ0) is 13.0. The summed E-state index contributed by atoms with van der Waals surface area (Å²) in [5.41, 5.74) is 13.8. The largest absolute Gasteiger partial charge is 0.396 e. The Morgan fingerprint density at radius 3 is 2.67 bits per heavy atom. The highest BCUT2D eigenvalue weighted by atomic mass is 16.5. The predicted octanol–water partition coefficient (Wildman–Crippen LogP) is 2.14. The van der Waals surface area contributed by atoms with Gasteiger partial charge in [-0.2, -0.15) is 0 Å². The number of ether oxygens (including phenoxy) is 1. The van der Waals surface area contributed by atoms with Crippen molar-refractivity contribution in [2.75, 3.05) is 23.9 Å². The van der Waals surface area contributed by atoms with Crippen molar-refractivity contribution in [1.29, 1.82) is 0 Å². The smallest absolute Gasteiger partial charge is 0.149 e. The van der Waals surface area contributed by atoms with E-state index >= 15 is 0 Å². The van der Waals surface area contributed by atoms with E-state index in [-0.39, 0.29) is 0 Å². The normalized spacial score (nSPS) is 10.3. The van der Waals surface area contributed by atoms with Crippen LogP contribution < -0.4 is 16.8 Å². The van der Waals surface area contributed by atoms with Crippen molar-refractivity contribution in [1.82, 2.24) is 4.98 Å². The minimum Gasteiger partial charge on any atom is -0.396 e. The topological polar surface area (TPSA) is 86.2 Å². The molecule has 0 aliphatic heterocycles. The van der Waals surface area contributed by atoms with E-state index in [0.717, 1.165) is 11.3 Å². The first-order valence-electron chi connectivity index (χ1n) is 5.56. The van der Waals surface area contributed by atoms with Crippen LogP contribution in [0.15, 0.2) is 36.4 Å². The molecule has 0 atom stereocenters. The summed E-state index contributed by atoms with van der Waals surface area (Å²) in [6, 6.07) is 11.4. The zero-order valence-electron chi connectivity index (χ0n) is 10.2. The van der Waals surface area contributed by atoms with Crippen LogP contribution >= 0.6 is 0 Å². The number of aromatic nitrogens is 1. The van der Waals surface area contributed by atoms with Crippen molar-refractivity contribution >= 4 is 23.0 Å². The molecule has 5 nitrogen and oxygen atoms in total. The van der Waals surface area contributed by atoms with E-state index in [4.69, 9.17) is 16.2 Å². The van der Waals surface area contributed by atoms with Crippen molar-refractivity contribution in [3.8, 4) is 0 Å². The first-order chi connectivity index (χ1) is 8.70. The molecule has 0 amide bonds. The number of methoxy groups -OCH3 is 1. The van der Waals surface area contributed by atoms with Crippen LogP contribution in [0.5, 0.6) is 0 Å². The summed E-state index contributed by atoms with van der Waals surface area (Å²) in [5, 5.41) is 3.20. The Bertz CT molecular complexity index is 542. The van der Waals surface area contributed by atoms with Gasteiger partial charge in [-0.25, -0.2) is 4.98 Å². The first-order valence-corrected chi connectivity index (χ1v) is 5.56. The van der Waals surface area contributed by atoms with Crippen LogP contribution in [0.2, 0.25) is 0 Å². The minimum atomic E-state index is 0.323. The molecule has 0 radical (unpaired) electrons. The molecule has 94 valence electrons. The molecule has 2 aromatic rings. The SMILES string of the molecule is COCc1ccccc1Nc1ccc(N)c(N)n1. The number of pyridine rings is 1. The standard InChI is InChI=1S/C13H16N4O/c1-18-8-9-4-2-3-5-11(9)16-12-7-6-10(14)13(15)17-12/h2-7H,8,14H2,1H3,(H3,15,16,17). The molecule has 5 N–H and O–H groups in total. The molecule has 0 unspecified atom stereocenters. The molecule has 2 rings (SSSR count). The number of para-hydroxylation sites is 1. The Morgan fingerprint density at radius 1 is 1.17 bits per heavy atom. The number of hydrogen-bond donors (Lipinski definition) is 3. The predicted molar refractivity (Wildman–Crippen MR) is 73.5 cm³/mol. The fourth-order valence-electron chi connectivity index (χ4n) is 1.62. The van der Waals surface area contributed by atoms with Gasteiger partial charge < -0.3 is 21.5 Å². The molecule has 0 aliphatic rings. The maximum atomic E-state index is 5.67. The van der Waals surface area contributed by atoms with E-state index in [9.17, 15) is 0 Å². The van der Waals surface area contributed by atoms with Gasteiger partial charge in [0.2, 0.25) is 0 Å². The Balaban J connectivity index is 2.25. The summed E-state index contributed by atoms with van der Waals surface area (Å²) < 4.78 is 5.14. The molecule has 18 heavy (non-hydrogen) atoms. The van der Waals surface area contributed by atoms with Crippen molar-refractivity contribution in [3.05, 3.63) is 42.0 Å². The molecule has 0 saturated heterocycles. The number of rotatable bonds is 4. The molecule has 0 aliphatic carbocycles. The van der Waals surface area contributed by atoms with E-state index in [1.54, 1.807) is 19.2 Å². The van der Waals surface area contributed by atoms with Gasteiger partial charge in [0.25, 0.3) is 0 Å². The lowest BCUT2D eigenvalue weighted by Gasteiger charge is -2.11. The van der Waals surface area contributed by atoms with Gasteiger partial charge in [-0.05, 0) is 18.2 Å². The maximum absolute atomic E-state index is 5.67. The first kappa shape index (κ1) is 12.2. The molecule has 1 heterocycles. The van der Waals surface area contributed by atoms with Gasteiger partial charge in [0.1, 0.15) is 11.6 Å². The summed E-state index contributed by atoms with van der Waals surface area (Å²) >= 11 is 0. The molecule has 0 fully saturated rings. The second-order valence-corrected chi connectivity index (χ2v) is 3.89. The Kier molecular flexibility index (Phi) is 3.64. The number of nitrogens with zero attached hydrogens (tertiary/aromatic N) is 1. The van der Waals surface area contributed by atoms with Gasteiger partial charge in [0.15, 0.2) is 0 Å². The van der Waals surface area contributed by atoms with Gasteiger partial charge in [-0.15, -0.1) is 0 Å². The number of anilines is 4. The molecule has 1 aromatic carbocycles. The lowest BCUT2D eigenvalue weighted by Crippen LogP contribution is -2.02. The van der Waals surface area contributed by atoms with Crippen molar-refractivity contribution in [3.63, 3.8) is 0 Å². The number of nitrogen functional groups attached to an aromatic ring is 2. The van der Waals surface area contributed by atoms with Crippen molar-refractivity contribution < 1.29 is 4.74 Å². The summed E-state index contributed by atoms with van der Waals surface area (Å²) in [4.78, 5) is 4.17. The summed E-state index contributed by atoms with van der Waals surface area (Å²) in [5.74, 6) is 0.981. The molecular formula is C13H16N4O. The third-order valence-electron chi connectivity index (χ3n) is 2.54. The van der Waals surface area contributed by atoms with Crippen LogP contribution in [-0.2, 0) is 11.3 Å². The summed E-state index contributed by atoms with van der Waals surface area (Å²) in [6.45, 7) is 0.535. The highest BCUT2D eigenvalue weighted by Crippen LogP contribution is 2.22. The number of hydrogen-bond acceptors (Lipinski definition) is 5. The fourth-order valence-corrected chi connectivity index (χ4v) is 1.62. The third kappa shape index (κ3) is 2.70. The Morgan fingerprint density at radius 2 is 1.94 bits per heavy atom. The fraction of sp³-hybridized carbons (Fsp3) is 0.154. The molecule has 5 heteroatoms. The molecule has 0 bridgehead atoms. The molecule has 0 saturated carbocycles. The summed E-state index contributed by atoms with van der Waals surface area (Å²) in [6.07, 6.45) is 0. The van der Waals surface area contributed by atoms with Crippen molar-refractivity contribution in [2.24, 2.45) is 0 Å². The van der Waals surface area contributed by atoms with Crippen LogP contribution in [0, 0.1) is 0 Å². The molecule has 1 aromatic heterocycles. The minimum absolute atomic E-state index is 0.323. The highest BCUT2D eigenvalue weighted by Gasteiger charge is 2.04. The monoisotopic (exact) mass is 244 g/mol. The second kappa shape index (κ2) is 5.37. The lowest BCUT2D eigenvalue weighted by molar-refractivity contribution is 0.185.